The molecule has 6 heteroatoms. The average molecular weight is 349 g/mol. The lowest BCUT2D eigenvalue weighted by Gasteiger charge is -2.12. The number of hydrogen-bond acceptors (Lipinski definition) is 4. The van der Waals surface area contributed by atoms with Crippen LogP contribution in [0.1, 0.15) is 34.3 Å². The SMILES string of the molecule is O=C1CCC(C(=O)NCCc2ccc(C(=O)c3ccccc3)cc2)=NN1. The normalized spacial score (nSPS) is 13.5. The van der Waals surface area contributed by atoms with Gasteiger partial charge in [-0.05, 0) is 12.0 Å². The molecule has 0 fully saturated rings. The molecule has 26 heavy (non-hydrogen) atoms. The Kier molecular flexibility index (Phi) is 5.53. The Morgan fingerprint density at radius 1 is 0.962 bits per heavy atom. The van der Waals surface area contributed by atoms with Crippen molar-refractivity contribution in [3.8, 4) is 0 Å². The van der Waals surface area contributed by atoms with Crippen molar-refractivity contribution in [2.45, 2.75) is 19.3 Å². The highest BCUT2D eigenvalue weighted by molar-refractivity contribution is 6.39. The van der Waals surface area contributed by atoms with Crippen LogP contribution in [0.4, 0.5) is 0 Å². The van der Waals surface area contributed by atoms with E-state index in [1.165, 1.54) is 0 Å². The highest BCUT2D eigenvalue weighted by Crippen LogP contribution is 2.11. The minimum atomic E-state index is -0.263. The molecule has 0 spiro atoms. The van der Waals surface area contributed by atoms with Gasteiger partial charge in [0.05, 0.1) is 0 Å². The number of hydrazone groups is 1. The van der Waals surface area contributed by atoms with E-state index in [9.17, 15) is 14.4 Å². The van der Waals surface area contributed by atoms with Crippen LogP contribution in [0, 0.1) is 0 Å². The number of ketones is 1. The number of nitrogens with zero attached hydrogens (tertiary/aromatic N) is 1. The van der Waals surface area contributed by atoms with Gasteiger partial charge >= 0.3 is 0 Å². The second-order valence-electron chi connectivity index (χ2n) is 5.99. The predicted octanol–water partition coefficient (Wildman–Crippen LogP) is 1.84. The smallest absolute Gasteiger partial charge is 0.267 e. The number of benzene rings is 2. The summed E-state index contributed by atoms with van der Waals surface area (Å²) in [4.78, 5) is 35.3. The van der Waals surface area contributed by atoms with Crippen LogP contribution in [0.5, 0.6) is 0 Å². The lowest BCUT2D eigenvalue weighted by Crippen LogP contribution is -2.37. The highest BCUT2D eigenvalue weighted by Gasteiger charge is 2.17. The Bertz CT molecular complexity index is 842. The molecule has 0 aromatic heterocycles. The first-order chi connectivity index (χ1) is 12.6. The Morgan fingerprint density at radius 2 is 1.65 bits per heavy atom. The maximum atomic E-state index is 12.4. The third kappa shape index (κ3) is 4.42. The van der Waals surface area contributed by atoms with Gasteiger partial charge in [0.2, 0.25) is 5.91 Å². The Labute approximate surface area is 151 Å². The van der Waals surface area contributed by atoms with E-state index in [0.29, 0.717) is 36.2 Å². The summed E-state index contributed by atoms with van der Waals surface area (Å²) in [7, 11) is 0. The van der Waals surface area contributed by atoms with E-state index in [2.05, 4.69) is 15.8 Å². The second kappa shape index (κ2) is 8.20. The zero-order valence-corrected chi connectivity index (χ0v) is 14.2. The first-order valence-corrected chi connectivity index (χ1v) is 8.46. The topological polar surface area (TPSA) is 87.6 Å². The van der Waals surface area contributed by atoms with Crippen molar-refractivity contribution in [2.75, 3.05) is 6.54 Å². The molecule has 0 unspecified atom stereocenters. The van der Waals surface area contributed by atoms with Crippen molar-refractivity contribution in [1.29, 1.82) is 0 Å². The van der Waals surface area contributed by atoms with Gasteiger partial charge < -0.3 is 5.32 Å². The molecule has 0 radical (unpaired) electrons. The van der Waals surface area contributed by atoms with Gasteiger partial charge in [-0.25, -0.2) is 5.43 Å². The minimum absolute atomic E-state index is 0.0113. The van der Waals surface area contributed by atoms with Crippen LogP contribution >= 0.6 is 0 Å². The molecule has 2 aromatic carbocycles. The van der Waals surface area contributed by atoms with Gasteiger partial charge in [0.1, 0.15) is 5.71 Å². The van der Waals surface area contributed by atoms with Crippen molar-refractivity contribution in [1.82, 2.24) is 10.7 Å². The maximum absolute atomic E-state index is 12.4. The van der Waals surface area contributed by atoms with Gasteiger partial charge in [-0.3, -0.25) is 14.4 Å². The fourth-order valence-electron chi connectivity index (χ4n) is 2.64. The molecule has 0 bridgehead atoms. The summed E-state index contributed by atoms with van der Waals surface area (Å²) >= 11 is 0. The lowest BCUT2D eigenvalue weighted by atomic mass is 10.0. The summed E-state index contributed by atoms with van der Waals surface area (Å²) < 4.78 is 0. The summed E-state index contributed by atoms with van der Waals surface area (Å²) in [6.07, 6.45) is 1.28. The molecule has 1 heterocycles. The van der Waals surface area contributed by atoms with E-state index >= 15 is 0 Å². The van der Waals surface area contributed by atoms with E-state index in [-0.39, 0.29) is 24.0 Å². The number of carbonyl (C=O) groups excluding carboxylic acids is 3. The van der Waals surface area contributed by atoms with Crippen molar-refractivity contribution in [2.24, 2.45) is 5.10 Å². The first-order valence-electron chi connectivity index (χ1n) is 8.46. The Balaban J connectivity index is 1.51. The van der Waals surface area contributed by atoms with E-state index in [0.717, 1.165) is 5.56 Å². The second-order valence-corrected chi connectivity index (χ2v) is 5.99. The standard InChI is InChI=1S/C20H19N3O3/c24-18-11-10-17(22-23-18)20(26)21-13-12-14-6-8-16(9-7-14)19(25)15-4-2-1-3-5-15/h1-9H,10-13H2,(H,21,26)(H,23,24). The summed E-state index contributed by atoms with van der Waals surface area (Å²) in [5, 5.41) is 6.55. The van der Waals surface area contributed by atoms with Crippen molar-refractivity contribution in [3.05, 3.63) is 71.3 Å². The van der Waals surface area contributed by atoms with Gasteiger partial charge in [0.15, 0.2) is 5.78 Å². The van der Waals surface area contributed by atoms with Crippen LogP contribution in [0.15, 0.2) is 59.7 Å². The third-order valence-electron chi connectivity index (χ3n) is 4.12. The molecule has 2 N–H and O–H groups in total. The largest absolute Gasteiger partial charge is 0.351 e. The zero-order chi connectivity index (χ0) is 18.4. The van der Waals surface area contributed by atoms with Gasteiger partial charge in [-0.2, -0.15) is 5.10 Å². The van der Waals surface area contributed by atoms with Crippen LogP contribution in [0.25, 0.3) is 0 Å². The molecule has 0 atom stereocenters. The molecule has 3 rings (SSSR count). The first kappa shape index (κ1) is 17.5. The molecule has 1 aliphatic heterocycles. The van der Waals surface area contributed by atoms with Crippen LogP contribution < -0.4 is 10.7 Å². The van der Waals surface area contributed by atoms with Crippen molar-refractivity contribution >= 4 is 23.3 Å². The Hall–Kier alpha value is -3.28. The summed E-state index contributed by atoms with van der Waals surface area (Å²) in [6.45, 7) is 0.456. The fraction of sp³-hybridized carbons (Fsp3) is 0.200. The number of amides is 2. The summed E-state index contributed by atoms with van der Waals surface area (Å²) in [6, 6.07) is 16.5. The molecule has 0 saturated heterocycles. The van der Waals surface area contributed by atoms with E-state index < -0.39 is 0 Å². The van der Waals surface area contributed by atoms with Crippen LogP contribution in [0.3, 0.4) is 0 Å². The molecule has 2 aromatic rings. The quantitative estimate of drug-likeness (QED) is 0.780. The van der Waals surface area contributed by atoms with E-state index in [1.807, 2.05) is 30.3 Å². The van der Waals surface area contributed by atoms with Gasteiger partial charge in [0, 0.05) is 30.5 Å². The van der Waals surface area contributed by atoms with Crippen LogP contribution in [-0.4, -0.2) is 29.9 Å². The molecule has 2 amide bonds. The summed E-state index contributed by atoms with van der Waals surface area (Å²) in [5.41, 5.74) is 4.97. The number of rotatable bonds is 6. The highest BCUT2D eigenvalue weighted by atomic mass is 16.2. The molecule has 1 aliphatic rings. The van der Waals surface area contributed by atoms with Crippen LogP contribution in [0.2, 0.25) is 0 Å². The number of hydrogen-bond donors (Lipinski definition) is 2. The molecule has 0 saturated carbocycles. The van der Waals surface area contributed by atoms with Gasteiger partial charge in [0.25, 0.3) is 5.91 Å². The molecule has 132 valence electrons. The van der Waals surface area contributed by atoms with E-state index in [4.69, 9.17) is 0 Å². The monoisotopic (exact) mass is 349 g/mol. The van der Waals surface area contributed by atoms with Gasteiger partial charge in [-0.15, -0.1) is 0 Å². The summed E-state index contributed by atoms with van der Waals surface area (Å²) in [5.74, 6) is -0.449. The van der Waals surface area contributed by atoms with Crippen LogP contribution in [-0.2, 0) is 16.0 Å². The minimum Gasteiger partial charge on any atom is -0.351 e. The molecular weight excluding hydrogens is 330 g/mol. The average Bonchev–Trinajstić information content (AvgIpc) is 2.69. The predicted molar refractivity (Wildman–Crippen MR) is 97.8 cm³/mol. The molecule has 6 nitrogen and oxygen atoms in total. The maximum Gasteiger partial charge on any atom is 0.267 e. The Morgan fingerprint density at radius 3 is 2.31 bits per heavy atom. The lowest BCUT2D eigenvalue weighted by molar-refractivity contribution is -0.121. The zero-order valence-electron chi connectivity index (χ0n) is 14.2. The molecule has 0 aliphatic carbocycles. The van der Waals surface area contributed by atoms with Crippen molar-refractivity contribution < 1.29 is 14.4 Å². The number of nitrogens with one attached hydrogen (secondary N) is 2. The van der Waals surface area contributed by atoms with Gasteiger partial charge in [-0.1, -0.05) is 54.6 Å². The van der Waals surface area contributed by atoms with E-state index in [1.54, 1.807) is 24.3 Å². The fourth-order valence-corrected chi connectivity index (χ4v) is 2.64. The van der Waals surface area contributed by atoms with Crippen molar-refractivity contribution in [3.63, 3.8) is 0 Å². The number of carbonyl (C=O) groups is 3. The third-order valence-corrected chi connectivity index (χ3v) is 4.12. The molecular formula is C20H19N3O3.